The van der Waals surface area contributed by atoms with Crippen LogP contribution in [0.3, 0.4) is 0 Å². The zero-order chi connectivity index (χ0) is 17.7. The summed E-state index contributed by atoms with van der Waals surface area (Å²) in [5.41, 5.74) is 0.232. The van der Waals surface area contributed by atoms with E-state index in [-0.39, 0.29) is 33.8 Å². The van der Waals surface area contributed by atoms with Gasteiger partial charge in [-0.25, -0.2) is 0 Å². The number of hydrogen-bond donors (Lipinski definition) is 2. The third-order valence-corrected chi connectivity index (χ3v) is 4.66. The fourth-order valence-corrected chi connectivity index (χ4v) is 2.56. The maximum absolute atomic E-state index is 12.1. The maximum Gasteiger partial charge on any atom is 0.252 e. The Hall–Kier alpha value is -1.17. The number of amides is 1. The summed E-state index contributed by atoms with van der Waals surface area (Å²) in [6.07, 6.45) is -0.943. The largest absolute Gasteiger partial charge is 0.489 e. The van der Waals surface area contributed by atoms with Gasteiger partial charge in [-0.05, 0) is 24.3 Å². The van der Waals surface area contributed by atoms with Crippen molar-refractivity contribution in [3.05, 3.63) is 62.1 Å². The van der Waals surface area contributed by atoms with Crippen molar-refractivity contribution in [3.63, 3.8) is 0 Å². The first kappa shape index (κ1) is 19.2. The second-order valence-electron chi connectivity index (χ2n) is 4.83. The van der Waals surface area contributed by atoms with Crippen molar-refractivity contribution >= 4 is 52.3 Å². The predicted octanol–water partition coefficient (Wildman–Crippen LogP) is 4.47. The Labute approximate surface area is 159 Å². The van der Waals surface area contributed by atoms with Gasteiger partial charge in [-0.15, -0.1) is 0 Å². The summed E-state index contributed by atoms with van der Waals surface area (Å²) in [6.45, 7) is -0.0938. The normalized spacial score (nSPS) is 11.9. The van der Waals surface area contributed by atoms with Crippen molar-refractivity contribution in [3.8, 4) is 5.75 Å². The van der Waals surface area contributed by atoms with E-state index in [1.165, 1.54) is 6.07 Å². The molecule has 0 aliphatic heterocycles. The number of rotatable bonds is 6. The first-order valence-electron chi connectivity index (χ1n) is 6.87. The number of nitrogens with one attached hydrogen (secondary N) is 1. The molecule has 0 radical (unpaired) electrons. The van der Waals surface area contributed by atoms with Gasteiger partial charge in [0, 0.05) is 6.54 Å². The van der Waals surface area contributed by atoms with E-state index < -0.39 is 12.0 Å². The van der Waals surface area contributed by atoms with Gasteiger partial charge >= 0.3 is 0 Å². The number of carbonyl (C=O) groups is 1. The third kappa shape index (κ3) is 4.91. The molecule has 0 aliphatic carbocycles. The third-order valence-electron chi connectivity index (χ3n) is 3.04. The summed E-state index contributed by atoms with van der Waals surface area (Å²) < 4.78 is 5.40. The second-order valence-corrected chi connectivity index (χ2v) is 6.40. The average molecular weight is 409 g/mol. The van der Waals surface area contributed by atoms with Crippen molar-refractivity contribution in [2.24, 2.45) is 0 Å². The smallest absolute Gasteiger partial charge is 0.252 e. The number of ether oxygens (including phenoxy) is 1. The van der Waals surface area contributed by atoms with Crippen molar-refractivity contribution in [1.82, 2.24) is 5.32 Å². The second kappa shape index (κ2) is 8.79. The zero-order valence-electron chi connectivity index (χ0n) is 12.2. The lowest BCUT2D eigenvalue weighted by atomic mass is 10.2. The summed E-state index contributed by atoms with van der Waals surface area (Å²) in [6, 6.07) is 9.67. The molecular formula is C16H13Cl4NO3. The van der Waals surface area contributed by atoms with E-state index in [2.05, 4.69) is 5.32 Å². The number of hydrogen-bond acceptors (Lipinski definition) is 3. The molecule has 0 fully saturated rings. The summed E-state index contributed by atoms with van der Waals surface area (Å²) >= 11 is 23.7. The number of carbonyl (C=O) groups excluding carboxylic acids is 1. The lowest BCUT2D eigenvalue weighted by molar-refractivity contribution is 0.0844. The van der Waals surface area contributed by atoms with Crippen LogP contribution in [0.2, 0.25) is 20.1 Å². The molecule has 2 aromatic carbocycles. The molecular weight excluding hydrogens is 396 g/mol. The van der Waals surface area contributed by atoms with E-state index >= 15 is 0 Å². The minimum Gasteiger partial charge on any atom is -0.489 e. The molecule has 0 spiro atoms. The molecule has 4 nitrogen and oxygen atoms in total. The van der Waals surface area contributed by atoms with Crippen LogP contribution in [0.4, 0.5) is 0 Å². The zero-order valence-corrected chi connectivity index (χ0v) is 15.3. The van der Waals surface area contributed by atoms with E-state index in [9.17, 15) is 9.90 Å². The first-order chi connectivity index (χ1) is 11.4. The van der Waals surface area contributed by atoms with Gasteiger partial charge in [0.25, 0.3) is 5.91 Å². The first-order valence-corrected chi connectivity index (χ1v) is 8.38. The van der Waals surface area contributed by atoms with E-state index in [4.69, 9.17) is 51.1 Å². The van der Waals surface area contributed by atoms with Gasteiger partial charge in [0.1, 0.15) is 23.5 Å². The van der Waals surface area contributed by atoms with E-state index in [1.54, 1.807) is 30.3 Å². The minimum atomic E-state index is -0.943. The Morgan fingerprint density at radius 2 is 1.67 bits per heavy atom. The van der Waals surface area contributed by atoms with Gasteiger partial charge in [0.05, 0.1) is 20.6 Å². The van der Waals surface area contributed by atoms with Crippen LogP contribution >= 0.6 is 46.4 Å². The number of benzene rings is 2. The lowest BCUT2D eigenvalue weighted by Crippen LogP contribution is -2.35. The van der Waals surface area contributed by atoms with Crippen LogP contribution in [0.25, 0.3) is 0 Å². The lowest BCUT2D eigenvalue weighted by Gasteiger charge is -2.15. The summed E-state index contributed by atoms with van der Waals surface area (Å²) in [5, 5.41) is 13.5. The summed E-state index contributed by atoms with van der Waals surface area (Å²) in [7, 11) is 0. The highest BCUT2D eigenvalue weighted by Crippen LogP contribution is 2.31. The minimum absolute atomic E-state index is 0.0279. The van der Waals surface area contributed by atoms with Crippen LogP contribution in [0.5, 0.6) is 5.75 Å². The highest BCUT2D eigenvalue weighted by Gasteiger charge is 2.15. The molecule has 0 aliphatic rings. The van der Waals surface area contributed by atoms with Gasteiger partial charge in [0.2, 0.25) is 0 Å². The Bertz CT molecular complexity index is 739. The summed E-state index contributed by atoms with van der Waals surface area (Å²) in [5.74, 6) is -0.0882. The van der Waals surface area contributed by atoms with Crippen LogP contribution in [0, 0.1) is 0 Å². The van der Waals surface area contributed by atoms with Gasteiger partial charge in [-0.3, -0.25) is 4.79 Å². The van der Waals surface area contributed by atoms with Crippen LogP contribution in [-0.2, 0) is 0 Å². The van der Waals surface area contributed by atoms with Crippen LogP contribution < -0.4 is 10.1 Å². The maximum atomic E-state index is 12.1. The van der Waals surface area contributed by atoms with Gasteiger partial charge < -0.3 is 15.2 Å². The Morgan fingerprint density at radius 3 is 2.38 bits per heavy atom. The van der Waals surface area contributed by atoms with Crippen LogP contribution in [0.15, 0.2) is 36.4 Å². The molecule has 24 heavy (non-hydrogen) atoms. The average Bonchev–Trinajstić information content (AvgIpc) is 2.56. The predicted molar refractivity (Wildman–Crippen MR) is 96.8 cm³/mol. The SMILES string of the molecule is O=C(NCC(O)COc1cccc(Cl)c1Cl)c1cccc(Cl)c1Cl. The van der Waals surface area contributed by atoms with Gasteiger partial charge in [-0.1, -0.05) is 58.5 Å². The van der Waals surface area contributed by atoms with Gasteiger partial charge in [0.15, 0.2) is 0 Å². The number of halogens is 4. The number of aliphatic hydroxyl groups excluding tert-OH is 1. The standard InChI is InChI=1S/C16H13Cl4NO3/c17-11-4-1-3-10(14(11)19)16(23)21-7-9(22)8-24-13-6-2-5-12(18)15(13)20/h1-6,9,22H,7-8H2,(H,21,23). The fraction of sp³-hybridized carbons (Fsp3) is 0.188. The Kier molecular flexibility index (Phi) is 7.02. The fourth-order valence-electron chi connectivity index (χ4n) is 1.83. The van der Waals surface area contributed by atoms with E-state index in [0.717, 1.165) is 0 Å². The topological polar surface area (TPSA) is 58.6 Å². The molecule has 0 heterocycles. The molecule has 2 N–H and O–H groups in total. The quantitative estimate of drug-likeness (QED) is 0.741. The molecule has 1 amide bonds. The number of aliphatic hydroxyl groups is 1. The van der Waals surface area contributed by atoms with Crippen molar-refractivity contribution in [2.75, 3.05) is 13.2 Å². The molecule has 1 unspecified atom stereocenters. The molecule has 0 aromatic heterocycles. The Morgan fingerprint density at radius 1 is 1.04 bits per heavy atom. The highest BCUT2D eigenvalue weighted by atomic mass is 35.5. The molecule has 0 saturated heterocycles. The van der Waals surface area contributed by atoms with E-state index in [1.807, 2.05) is 0 Å². The van der Waals surface area contributed by atoms with Crippen molar-refractivity contribution in [2.45, 2.75) is 6.10 Å². The molecule has 8 heteroatoms. The molecule has 1 atom stereocenters. The summed E-state index contributed by atoms with van der Waals surface area (Å²) in [4.78, 5) is 12.1. The monoisotopic (exact) mass is 407 g/mol. The van der Waals surface area contributed by atoms with Crippen molar-refractivity contribution in [1.29, 1.82) is 0 Å². The molecule has 128 valence electrons. The Balaban J connectivity index is 1.87. The van der Waals surface area contributed by atoms with Gasteiger partial charge in [-0.2, -0.15) is 0 Å². The molecule has 0 bridgehead atoms. The van der Waals surface area contributed by atoms with Crippen molar-refractivity contribution < 1.29 is 14.6 Å². The molecule has 0 saturated carbocycles. The van der Waals surface area contributed by atoms with Crippen LogP contribution in [0.1, 0.15) is 10.4 Å². The van der Waals surface area contributed by atoms with Crippen LogP contribution in [-0.4, -0.2) is 30.3 Å². The molecule has 2 aromatic rings. The molecule has 2 rings (SSSR count). The highest BCUT2D eigenvalue weighted by molar-refractivity contribution is 6.44. The van der Waals surface area contributed by atoms with E-state index in [0.29, 0.717) is 10.8 Å².